The van der Waals surface area contributed by atoms with Gasteiger partial charge in [-0.05, 0) is 43.9 Å². The molecule has 0 saturated carbocycles. The zero-order valence-electron chi connectivity index (χ0n) is 14.3. The normalized spacial score (nSPS) is 17.4. The summed E-state index contributed by atoms with van der Waals surface area (Å²) >= 11 is 0. The lowest BCUT2D eigenvalue weighted by Crippen LogP contribution is -2.47. The Labute approximate surface area is 139 Å². The van der Waals surface area contributed by atoms with Gasteiger partial charge in [-0.15, -0.1) is 0 Å². The van der Waals surface area contributed by atoms with Crippen LogP contribution in [0.25, 0.3) is 0 Å². The van der Waals surface area contributed by atoms with Gasteiger partial charge in [0, 0.05) is 25.0 Å². The van der Waals surface area contributed by atoms with Crippen LogP contribution in [0.3, 0.4) is 0 Å². The van der Waals surface area contributed by atoms with E-state index in [-0.39, 0.29) is 17.9 Å². The van der Waals surface area contributed by atoms with Gasteiger partial charge in [-0.2, -0.15) is 4.31 Å². The summed E-state index contributed by atoms with van der Waals surface area (Å²) in [7, 11) is -3.46. The summed E-state index contributed by atoms with van der Waals surface area (Å²) in [5, 5.41) is 2.99. The van der Waals surface area contributed by atoms with Crippen molar-refractivity contribution in [1.29, 1.82) is 0 Å². The van der Waals surface area contributed by atoms with Crippen molar-refractivity contribution in [3.63, 3.8) is 0 Å². The van der Waals surface area contributed by atoms with Crippen LogP contribution >= 0.6 is 0 Å². The summed E-state index contributed by atoms with van der Waals surface area (Å²) in [6.07, 6.45) is 1.31. The topological polar surface area (TPSA) is 66.5 Å². The Morgan fingerprint density at radius 1 is 1.22 bits per heavy atom. The number of aryl methyl sites for hydroxylation is 2. The van der Waals surface area contributed by atoms with E-state index in [4.69, 9.17) is 0 Å². The van der Waals surface area contributed by atoms with Crippen molar-refractivity contribution in [2.75, 3.05) is 13.1 Å². The Bertz CT molecular complexity index is 675. The van der Waals surface area contributed by atoms with Gasteiger partial charge in [0.2, 0.25) is 15.9 Å². The molecule has 0 spiro atoms. The third kappa shape index (κ3) is 4.12. The van der Waals surface area contributed by atoms with Crippen LogP contribution in [0.4, 0.5) is 0 Å². The molecule has 1 aromatic carbocycles. The van der Waals surface area contributed by atoms with Crippen molar-refractivity contribution < 1.29 is 13.2 Å². The number of nitrogens with zero attached hydrogens (tertiary/aromatic N) is 1. The molecule has 0 radical (unpaired) electrons. The lowest BCUT2D eigenvalue weighted by molar-refractivity contribution is -0.124. The molecule has 1 heterocycles. The minimum atomic E-state index is -3.46. The Kier molecular flexibility index (Phi) is 5.47. The van der Waals surface area contributed by atoms with Crippen LogP contribution in [-0.4, -0.2) is 37.8 Å². The van der Waals surface area contributed by atoms with Gasteiger partial charge < -0.3 is 5.32 Å². The largest absolute Gasteiger partial charge is 0.353 e. The number of carbonyl (C=O) groups is 1. The quantitative estimate of drug-likeness (QED) is 0.915. The molecule has 23 heavy (non-hydrogen) atoms. The summed E-state index contributed by atoms with van der Waals surface area (Å²) < 4.78 is 27.2. The standard InChI is InChI=1S/C17H26N2O3S/c1-12(2)17(20)18-15-7-9-19(10-8-15)23(21,22)16-11-13(3)5-6-14(16)4/h5-6,11-12,15H,7-10H2,1-4H3,(H,18,20). The zero-order valence-corrected chi connectivity index (χ0v) is 15.1. The molecular weight excluding hydrogens is 312 g/mol. The first-order valence-corrected chi connectivity index (χ1v) is 9.53. The molecule has 1 aliphatic rings. The van der Waals surface area contributed by atoms with E-state index >= 15 is 0 Å². The van der Waals surface area contributed by atoms with Gasteiger partial charge in [0.1, 0.15) is 0 Å². The average molecular weight is 338 g/mol. The molecule has 0 unspecified atom stereocenters. The van der Waals surface area contributed by atoms with E-state index in [9.17, 15) is 13.2 Å². The van der Waals surface area contributed by atoms with Crippen molar-refractivity contribution in [3.8, 4) is 0 Å². The van der Waals surface area contributed by atoms with Crippen LogP contribution in [0.5, 0.6) is 0 Å². The van der Waals surface area contributed by atoms with Crippen molar-refractivity contribution >= 4 is 15.9 Å². The molecule has 0 aliphatic carbocycles. The third-order valence-corrected chi connectivity index (χ3v) is 6.33. The van der Waals surface area contributed by atoms with Gasteiger partial charge in [-0.1, -0.05) is 26.0 Å². The van der Waals surface area contributed by atoms with Gasteiger partial charge >= 0.3 is 0 Å². The molecule has 5 nitrogen and oxygen atoms in total. The van der Waals surface area contributed by atoms with E-state index in [0.717, 1.165) is 11.1 Å². The molecular formula is C17H26N2O3S. The highest BCUT2D eigenvalue weighted by molar-refractivity contribution is 7.89. The summed E-state index contributed by atoms with van der Waals surface area (Å²) in [6, 6.07) is 5.56. The maximum absolute atomic E-state index is 12.8. The summed E-state index contributed by atoms with van der Waals surface area (Å²) in [6.45, 7) is 8.32. The fourth-order valence-corrected chi connectivity index (χ4v) is 4.51. The predicted octanol–water partition coefficient (Wildman–Crippen LogP) is 2.23. The Morgan fingerprint density at radius 2 is 1.83 bits per heavy atom. The van der Waals surface area contributed by atoms with Crippen molar-refractivity contribution in [1.82, 2.24) is 9.62 Å². The fourth-order valence-electron chi connectivity index (χ4n) is 2.73. The van der Waals surface area contributed by atoms with Gasteiger partial charge in [-0.25, -0.2) is 8.42 Å². The molecule has 1 amide bonds. The number of rotatable bonds is 4. The van der Waals surface area contributed by atoms with E-state index in [0.29, 0.717) is 30.8 Å². The zero-order chi connectivity index (χ0) is 17.2. The Hall–Kier alpha value is -1.40. The van der Waals surface area contributed by atoms with Crippen LogP contribution < -0.4 is 5.32 Å². The molecule has 0 bridgehead atoms. The number of sulfonamides is 1. The number of carbonyl (C=O) groups excluding carboxylic acids is 1. The first-order valence-electron chi connectivity index (χ1n) is 8.09. The third-order valence-electron chi connectivity index (χ3n) is 4.29. The molecule has 1 N–H and O–H groups in total. The van der Waals surface area contributed by atoms with Crippen molar-refractivity contribution in [2.45, 2.75) is 51.5 Å². The van der Waals surface area contributed by atoms with E-state index < -0.39 is 10.0 Å². The SMILES string of the molecule is Cc1ccc(C)c(S(=O)(=O)N2CCC(NC(=O)C(C)C)CC2)c1. The van der Waals surface area contributed by atoms with Crippen LogP contribution in [0.2, 0.25) is 0 Å². The predicted molar refractivity (Wildman–Crippen MR) is 90.7 cm³/mol. The molecule has 1 fully saturated rings. The van der Waals surface area contributed by atoms with Crippen LogP contribution in [-0.2, 0) is 14.8 Å². The number of amides is 1. The van der Waals surface area contributed by atoms with Gasteiger partial charge in [-0.3, -0.25) is 4.79 Å². The summed E-state index contributed by atoms with van der Waals surface area (Å²) in [5.74, 6) is -0.0208. The average Bonchev–Trinajstić information content (AvgIpc) is 2.50. The molecule has 128 valence electrons. The molecule has 1 saturated heterocycles. The monoisotopic (exact) mass is 338 g/mol. The first-order chi connectivity index (χ1) is 10.7. The Balaban J connectivity index is 2.07. The molecule has 0 aromatic heterocycles. The number of benzene rings is 1. The fraction of sp³-hybridized carbons (Fsp3) is 0.588. The van der Waals surface area contributed by atoms with E-state index in [2.05, 4.69) is 5.32 Å². The Morgan fingerprint density at radius 3 is 2.39 bits per heavy atom. The summed E-state index contributed by atoms with van der Waals surface area (Å²) in [4.78, 5) is 12.1. The molecule has 2 rings (SSSR count). The lowest BCUT2D eigenvalue weighted by Gasteiger charge is -2.32. The minimum absolute atomic E-state index is 0.0286. The second kappa shape index (κ2) is 7.01. The smallest absolute Gasteiger partial charge is 0.243 e. The van der Waals surface area contributed by atoms with Crippen LogP contribution in [0.1, 0.15) is 37.8 Å². The highest BCUT2D eigenvalue weighted by atomic mass is 32.2. The molecule has 0 atom stereocenters. The van der Waals surface area contributed by atoms with E-state index in [1.54, 1.807) is 6.07 Å². The van der Waals surface area contributed by atoms with Gasteiger partial charge in [0.15, 0.2) is 0 Å². The van der Waals surface area contributed by atoms with Gasteiger partial charge in [0.25, 0.3) is 0 Å². The van der Waals surface area contributed by atoms with E-state index in [1.165, 1.54) is 4.31 Å². The molecule has 1 aliphatic heterocycles. The number of piperidine rings is 1. The number of hydrogen-bond donors (Lipinski definition) is 1. The minimum Gasteiger partial charge on any atom is -0.353 e. The number of hydrogen-bond acceptors (Lipinski definition) is 3. The van der Waals surface area contributed by atoms with E-state index in [1.807, 2.05) is 39.8 Å². The van der Waals surface area contributed by atoms with Crippen LogP contribution in [0.15, 0.2) is 23.1 Å². The summed E-state index contributed by atoms with van der Waals surface area (Å²) in [5.41, 5.74) is 1.71. The molecule has 1 aromatic rings. The van der Waals surface area contributed by atoms with Crippen LogP contribution in [0, 0.1) is 19.8 Å². The lowest BCUT2D eigenvalue weighted by atomic mass is 10.1. The number of nitrogens with one attached hydrogen (secondary N) is 1. The second-order valence-electron chi connectivity index (χ2n) is 6.61. The maximum atomic E-state index is 12.8. The van der Waals surface area contributed by atoms with Gasteiger partial charge in [0.05, 0.1) is 4.90 Å². The maximum Gasteiger partial charge on any atom is 0.243 e. The molecule has 6 heteroatoms. The highest BCUT2D eigenvalue weighted by Gasteiger charge is 2.31. The van der Waals surface area contributed by atoms with Crippen molar-refractivity contribution in [3.05, 3.63) is 29.3 Å². The van der Waals surface area contributed by atoms with Crippen molar-refractivity contribution in [2.24, 2.45) is 5.92 Å². The highest BCUT2D eigenvalue weighted by Crippen LogP contribution is 2.24. The second-order valence-corrected chi connectivity index (χ2v) is 8.52. The first kappa shape index (κ1) is 17.9.